The summed E-state index contributed by atoms with van der Waals surface area (Å²) < 4.78 is 0. The van der Waals surface area contributed by atoms with Crippen LogP contribution >= 0.6 is 0 Å². The van der Waals surface area contributed by atoms with E-state index in [1.807, 2.05) is 13.8 Å². The van der Waals surface area contributed by atoms with Crippen molar-refractivity contribution in [2.24, 2.45) is 0 Å². The second-order valence-corrected chi connectivity index (χ2v) is 3.12. The molecule has 2 nitrogen and oxygen atoms in total. The maximum absolute atomic E-state index is 9.43. The van der Waals surface area contributed by atoms with Crippen LogP contribution in [0.2, 0.25) is 0 Å². The van der Waals surface area contributed by atoms with Crippen molar-refractivity contribution in [3.8, 4) is 5.75 Å². The lowest BCUT2D eigenvalue weighted by atomic mass is 10.1. The number of aromatic hydroxyl groups is 1. The minimum absolute atomic E-state index is 0.164. The molecule has 0 fully saturated rings. The van der Waals surface area contributed by atoms with Gasteiger partial charge in [0.1, 0.15) is 11.4 Å². The molecule has 0 bridgehead atoms. The number of pyridine rings is 1. The van der Waals surface area contributed by atoms with E-state index in [9.17, 15) is 5.11 Å². The van der Waals surface area contributed by atoms with Crippen molar-refractivity contribution in [1.82, 2.24) is 4.98 Å². The molecule has 0 spiro atoms. The first-order valence-corrected chi connectivity index (χ1v) is 4.04. The third kappa shape index (κ3) is 1.96. The molecule has 0 unspecified atom stereocenters. The average Bonchev–Trinajstić information content (AvgIpc) is 2.04. The minimum atomic E-state index is 0.164. The van der Waals surface area contributed by atoms with Crippen LogP contribution in [0, 0.1) is 0 Å². The summed E-state index contributed by atoms with van der Waals surface area (Å²) in [6.07, 6.45) is 0. The Hall–Kier alpha value is -1.57. The summed E-state index contributed by atoms with van der Waals surface area (Å²) in [5.41, 5.74) is 2.96. The van der Waals surface area contributed by atoms with Gasteiger partial charge < -0.3 is 5.11 Å². The molecule has 0 aliphatic carbocycles. The average molecular weight is 175 g/mol. The summed E-state index contributed by atoms with van der Waals surface area (Å²) in [5, 5.41) is 9.43. The predicted molar refractivity (Wildman–Crippen MR) is 55.3 cm³/mol. The molecule has 2 heteroatoms. The van der Waals surface area contributed by atoms with Gasteiger partial charge >= 0.3 is 0 Å². The molecule has 0 amide bonds. The molecule has 13 heavy (non-hydrogen) atoms. The number of nitrogens with zero attached hydrogens (tertiary/aromatic N) is 1. The normalized spacial score (nSPS) is 9.69. The lowest BCUT2D eigenvalue weighted by molar-refractivity contribution is 0.470. The Morgan fingerprint density at radius 3 is 2.31 bits per heavy atom. The van der Waals surface area contributed by atoms with Gasteiger partial charge in [-0.1, -0.05) is 13.2 Å². The summed E-state index contributed by atoms with van der Waals surface area (Å²) >= 11 is 0. The fourth-order valence-electron chi connectivity index (χ4n) is 1.00. The second kappa shape index (κ2) is 3.44. The molecule has 0 saturated heterocycles. The molecule has 1 aromatic rings. The van der Waals surface area contributed by atoms with Gasteiger partial charge in [-0.2, -0.15) is 0 Å². The van der Waals surface area contributed by atoms with Crippen molar-refractivity contribution in [2.45, 2.75) is 13.8 Å². The van der Waals surface area contributed by atoms with Gasteiger partial charge in [-0.15, -0.1) is 0 Å². The number of rotatable bonds is 2. The highest BCUT2D eigenvalue weighted by Gasteiger charge is 2.05. The SMILES string of the molecule is C=C(C)c1ccc(O)c(C(=C)C)n1. The van der Waals surface area contributed by atoms with Gasteiger partial charge in [0.15, 0.2) is 0 Å². The Kier molecular flexibility index (Phi) is 2.52. The van der Waals surface area contributed by atoms with E-state index in [0.29, 0.717) is 5.69 Å². The van der Waals surface area contributed by atoms with Crippen LogP contribution in [0.5, 0.6) is 5.75 Å². The zero-order chi connectivity index (χ0) is 10.0. The first-order valence-electron chi connectivity index (χ1n) is 4.04. The molecule has 0 aliphatic rings. The second-order valence-electron chi connectivity index (χ2n) is 3.12. The maximum atomic E-state index is 9.43. The van der Waals surface area contributed by atoms with Crippen LogP contribution in [-0.4, -0.2) is 10.1 Å². The third-order valence-corrected chi connectivity index (χ3v) is 1.72. The predicted octanol–water partition coefficient (Wildman–Crippen LogP) is 2.85. The number of allylic oxidation sites excluding steroid dienone is 2. The largest absolute Gasteiger partial charge is 0.506 e. The van der Waals surface area contributed by atoms with Gasteiger partial charge in [0.05, 0.1) is 5.69 Å². The van der Waals surface area contributed by atoms with Crippen LogP contribution in [0.15, 0.2) is 25.3 Å². The Morgan fingerprint density at radius 1 is 1.23 bits per heavy atom. The minimum Gasteiger partial charge on any atom is -0.506 e. The topological polar surface area (TPSA) is 33.1 Å². The molecule has 1 aromatic heterocycles. The smallest absolute Gasteiger partial charge is 0.141 e. The van der Waals surface area contributed by atoms with Crippen molar-refractivity contribution in [3.63, 3.8) is 0 Å². The molecule has 1 rings (SSSR count). The lowest BCUT2D eigenvalue weighted by Crippen LogP contribution is -1.91. The molecular weight excluding hydrogens is 162 g/mol. The monoisotopic (exact) mass is 175 g/mol. The zero-order valence-corrected chi connectivity index (χ0v) is 7.96. The van der Waals surface area contributed by atoms with E-state index in [4.69, 9.17) is 0 Å². The van der Waals surface area contributed by atoms with Crippen LogP contribution in [0.25, 0.3) is 11.1 Å². The molecule has 0 aromatic carbocycles. The van der Waals surface area contributed by atoms with Gasteiger partial charge in [-0.25, -0.2) is 4.98 Å². The Balaban J connectivity index is 3.27. The fraction of sp³-hybridized carbons (Fsp3) is 0.182. The molecule has 0 atom stereocenters. The van der Waals surface area contributed by atoms with Crippen molar-refractivity contribution in [3.05, 3.63) is 36.7 Å². The highest BCUT2D eigenvalue weighted by Crippen LogP contribution is 2.23. The number of hydrogen-bond acceptors (Lipinski definition) is 2. The standard InChI is InChI=1S/C11H13NO/c1-7(2)9-5-6-10(13)11(12-9)8(3)4/h5-6,13H,1,3H2,2,4H3. The van der Waals surface area contributed by atoms with E-state index in [2.05, 4.69) is 18.1 Å². The number of hydrogen-bond donors (Lipinski definition) is 1. The maximum Gasteiger partial charge on any atom is 0.141 e. The summed E-state index contributed by atoms with van der Waals surface area (Å²) in [5.74, 6) is 0.164. The molecule has 0 saturated carbocycles. The summed E-state index contributed by atoms with van der Waals surface area (Å²) in [6, 6.07) is 3.35. The number of aromatic nitrogens is 1. The summed E-state index contributed by atoms with van der Waals surface area (Å²) in [7, 11) is 0. The highest BCUT2D eigenvalue weighted by molar-refractivity contribution is 5.67. The molecule has 0 aliphatic heterocycles. The van der Waals surface area contributed by atoms with Crippen LogP contribution in [0.3, 0.4) is 0 Å². The van der Waals surface area contributed by atoms with Gasteiger partial charge in [0.25, 0.3) is 0 Å². The van der Waals surface area contributed by atoms with E-state index in [1.165, 1.54) is 0 Å². The molecule has 1 N–H and O–H groups in total. The zero-order valence-electron chi connectivity index (χ0n) is 7.96. The molecule has 68 valence electrons. The Bertz CT molecular complexity index is 366. The van der Waals surface area contributed by atoms with Gasteiger partial charge in [0, 0.05) is 0 Å². The van der Waals surface area contributed by atoms with E-state index in [-0.39, 0.29) is 5.75 Å². The van der Waals surface area contributed by atoms with E-state index in [1.54, 1.807) is 12.1 Å². The summed E-state index contributed by atoms with van der Waals surface area (Å²) in [6.45, 7) is 11.2. The van der Waals surface area contributed by atoms with Crippen LogP contribution in [0.1, 0.15) is 25.2 Å². The van der Waals surface area contributed by atoms with Crippen molar-refractivity contribution >= 4 is 11.1 Å². The lowest BCUT2D eigenvalue weighted by Gasteiger charge is -2.05. The van der Waals surface area contributed by atoms with Gasteiger partial charge in [-0.05, 0) is 37.1 Å². The van der Waals surface area contributed by atoms with Crippen molar-refractivity contribution in [1.29, 1.82) is 0 Å². The van der Waals surface area contributed by atoms with Crippen LogP contribution in [0.4, 0.5) is 0 Å². The fourth-order valence-corrected chi connectivity index (χ4v) is 1.00. The van der Waals surface area contributed by atoms with Gasteiger partial charge in [-0.3, -0.25) is 0 Å². The first-order chi connectivity index (χ1) is 6.02. The van der Waals surface area contributed by atoms with Crippen LogP contribution in [-0.2, 0) is 0 Å². The van der Waals surface area contributed by atoms with E-state index in [0.717, 1.165) is 16.8 Å². The quantitative estimate of drug-likeness (QED) is 0.749. The van der Waals surface area contributed by atoms with Crippen molar-refractivity contribution < 1.29 is 5.11 Å². The third-order valence-electron chi connectivity index (χ3n) is 1.72. The first kappa shape index (κ1) is 9.52. The van der Waals surface area contributed by atoms with E-state index >= 15 is 0 Å². The molecular formula is C11H13NO. The highest BCUT2D eigenvalue weighted by atomic mass is 16.3. The molecule has 1 heterocycles. The van der Waals surface area contributed by atoms with Crippen LogP contribution < -0.4 is 0 Å². The van der Waals surface area contributed by atoms with E-state index < -0.39 is 0 Å². The van der Waals surface area contributed by atoms with Crippen molar-refractivity contribution in [2.75, 3.05) is 0 Å². The molecule has 0 radical (unpaired) electrons. The van der Waals surface area contributed by atoms with Gasteiger partial charge in [0.2, 0.25) is 0 Å². The Morgan fingerprint density at radius 2 is 1.85 bits per heavy atom. The Labute approximate surface area is 78.3 Å². The summed E-state index contributed by atoms with van der Waals surface area (Å²) in [4.78, 5) is 4.22.